The summed E-state index contributed by atoms with van der Waals surface area (Å²) in [6, 6.07) is 3.41. The Morgan fingerprint density at radius 2 is 1.85 bits per heavy atom. The molecule has 3 aliphatic rings. The van der Waals surface area contributed by atoms with Crippen LogP contribution in [0.1, 0.15) is 18.4 Å². The van der Waals surface area contributed by atoms with Crippen molar-refractivity contribution in [2.24, 2.45) is 16.9 Å². The van der Waals surface area contributed by atoms with Gasteiger partial charge in [-0.1, -0.05) is 18.2 Å². The third kappa shape index (κ3) is 4.01. The number of fused-ring (bicyclic) bond motifs is 1. The molecule has 3 unspecified atom stereocenters. The Morgan fingerprint density at radius 1 is 1.18 bits per heavy atom. The number of nitrogens with zero attached hydrogens (tertiary/aromatic N) is 3. The average molecular weight is 599 g/mol. The van der Waals surface area contributed by atoms with E-state index >= 15 is 0 Å². The van der Waals surface area contributed by atoms with Crippen molar-refractivity contribution in [2.45, 2.75) is 37.8 Å². The van der Waals surface area contributed by atoms with Gasteiger partial charge in [0.1, 0.15) is 0 Å². The van der Waals surface area contributed by atoms with Crippen LogP contribution in [0.4, 0.5) is 37.7 Å². The third-order valence-electron chi connectivity index (χ3n) is 5.79. The lowest BCUT2D eigenvalue weighted by molar-refractivity contribution is -0.254. The Labute approximate surface area is 202 Å². The van der Waals surface area contributed by atoms with Crippen molar-refractivity contribution >= 4 is 51.5 Å². The number of carbonyl (C=O) groups is 2. The predicted molar refractivity (Wildman–Crippen MR) is 118 cm³/mol. The fourth-order valence-electron chi connectivity index (χ4n) is 4.25. The van der Waals surface area contributed by atoms with Crippen LogP contribution >= 0.6 is 22.6 Å². The Balaban J connectivity index is 1.71. The lowest BCUT2D eigenvalue weighted by atomic mass is 9.91. The van der Waals surface area contributed by atoms with Gasteiger partial charge in [-0.3, -0.25) is 9.59 Å². The molecule has 2 aliphatic heterocycles. The smallest absolute Gasteiger partial charge is 0.362 e. The number of hydrogen-bond donors (Lipinski definition) is 1. The number of alkyl halides is 6. The van der Waals surface area contributed by atoms with Gasteiger partial charge in [0.15, 0.2) is 0 Å². The molecule has 4 rings (SSSR count). The van der Waals surface area contributed by atoms with Gasteiger partial charge in [-0.2, -0.15) is 31.4 Å². The minimum Gasteiger partial charge on any atom is -0.362 e. The summed E-state index contributed by atoms with van der Waals surface area (Å²) in [6.45, 7) is 1.43. The normalized spacial score (nSPS) is 27.3. The van der Waals surface area contributed by atoms with Crippen LogP contribution in [0.2, 0.25) is 0 Å². The molecule has 6 nitrogen and oxygen atoms in total. The molecule has 13 heteroatoms. The van der Waals surface area contributed by atoms with Crippen molar-refractivity contribution < 1.29 is 41.0 Å². The Hall–Kier alpha value is -2.42. The molecule has 0 radical (unpaired) electrons. The van der Waals surface area contributed by atoms with E-state index in [1.54, 1.807) is 18.2 Å². The topological polar surface area (TPSA) is 73.2 Å². The first-order valence-electron chi connectivity index (χ1n) is 9.89. The van der Waals surface area contributed by atoms with Crippen molar-refractivity contribution in [1.29, 1.82) is 0 Å². The molecule has 1 fully saturated rings. The van der Waals surface area contributed by atoms with E-state index in [4.69, 9.17) is 0 Å². The van der Waals surface area contributed by atoms with E-state index < -0.39 is 60.3 Å². The number of benzene rings is 1. The number of anilines is 2. The van der Waals surface area contributed by atoms with Gasteiger partial charge in [0.25, 0.3) is 5.72 Å². The van der Waals surface area contributed by atoms with Gasteiger partial charge in [-0.15, -0.1) is 0 Å². The van der Waals surface area contributed by atoms with Crippen LogP contribution in [-0.2, 0) is 9.59 Å². The highest BCUT2D eigenvalue weighted by Gasteiger charge is 2.62. The quantitative estimate of drug-likeness (QED) is 0.309. The summed E-state index contributed by atoms with van der Waals surface area (Å²) >= 11 is 1.96. The molecule has 3 atom stereocenters. The largest absolute Gasteiger partial charge is 0.438 e. The van der Waals surface area contributed by atoms with Crippen molar-refractivity contribution in [3.8, 4) is 0 Å². The van der Waals surface area contributed by atoms with Crippen molar-refractivity contribution in [3.63, 3.8) is 0 Å². The monoisotopic (exact) mass is 599 g/mol. The van der Waals surface area contributed by atoms with Crippen molar-refractivity contribution in [3.05, 3.63) is 45.6 Å². The zero-order valence-corrected chi connectivity index (χ0v) is 19.4. The number of rotatable bonds is 3. The molecular formula is C21H16F6IN3O3. The Bertz CT molecular complexity index is 1160. The molecule has 1 saturated heterocycles. The molecule has 1 aromatic carbocycles. The van der Waals surface area contributed by atoms with Crippen LogP contribution in [0.3, 0.4) is 0 Å². The summed E-state index contributed by atoms with van der Waals surface area (Å²) in [5, 5.41) is 13.8. The van der Waals surface area contributed by atoms with E-state index in [0.717, 1.165) is 17.0 Å². The number of hydrazone groups is 1. The number of imide groups is 1. The standard InChI is InChI=1S/C21H16F6IN3O3/c1-10-7-12(31-19(34,21(25,26)27)8-11(29-31)9-20(22,23)24)5-6-15(10)30-17(32)13-3-2-4-14(28)16(13)18(30)33/h2-7,13,16,34H,8-9H2,1H3. The number of hydrogen-bond acceptors (Lipinski definition) is 5. The van der Waals surface area contributed by atoms with E-state index in [0.29, 0.717) is 3.58 Å². The zero-order chi connectivity index (χ0) is 25.2. The Morgan fingerprint density at radius 3 is 2.41 bits per heavy atom. The maximum absolute atomic E-state index is 13.7. The molecule has 0 saturated carbocycles. The number of aliphatic hydroxyl groups is 1. The highest BCUT2D eigenvalue weighted by molar-refractivity contribution is 14.1. The second-order valence-electron chi connectivity index (χ2n) is 8.18. The molecular weight excluding hydrogens is 583 g/mol. The first-order valence-corrected chi connectivity index (χ1v) is 11.0. The number of aryl methyl sites for hydroxylation is 1. The van der Waals surface area contributed by atoms with Gasteiger partial charge in [0.05, 0.1) is 35.3 Å². The van der Waals surface area contributed by atoms with Crippen LogP contribution in [0.25, 0.3) is 0 Å². The lowest BCUT2D eigenvalue weighted by Gasteiger charge is -2.34. The third-order valence-corrected chi connectivity index (χ3v) is 6.82. The van der Waals surface area contributed by atoms with E-state index in [1.165, 1.54) is 13.0 Å². The molecule has 1 aliphatic carbocycles. The molecule has 2 amide bonds. The first kappa shape index (κ1) is 24.7. The molecule has 0 spiro atoms. The Kier molecular flexibility index (Phi) is 5.86. The van der Waals surface area contributed by atoms with Crippen LogP contribution in [0.15, 0.2) is 45.1 Å². The number of halogens is 7. The van der Waals surface area contributed by atoms with E-state index in [2.05, 4.69) is 5.10 Å². The van der Waals surface area contributed by atoms with E-state index in [-0.39, 0.29) is 21.9 Å². The second-order valence-corrected chi connectivity index (χ2v) is 9.43. The average Bonchev–Trinajstić information content (AvgIpc) is 3.16. The van der Waals surface area contributed by atoms with Gasteiger partial charge in [0.2, 0.25) is 11.8 Å². The summed E-state index contributed by atoms with van der Waals surface area (Å²) < 4.78 is 79.9. The highest BCUT2D eigenvalue weighted by Crippen LogP contribution is 2.46. The van der Waals surface area contributed by atoms with E-state index in [1.807, 2.05) is 22.6 Å². The molecule has 0 bridgehead atoms. The van der Waals surface area contributed by atoms with Gasteiger partial charge in [-0.05, 0) is 53.3 Å². The van der Waals surface area contributed by atoms with Crippen molar-refractivity contribution in [1.82, 2.24) is 0 Å². The first-order chi connectivity index (χ1) is 15.6. The second kappa shape index (κ2) is 8.07. The SMILES string of the molecule is Cc1cc(N2N=C(CC(F)(F)F)CC2(O)C(F)(F)F)ccc1N1C(=O)C2C=CC=C(I)C2C1=O. The highest BCUT2D eigenvalue weighted by atomic mass is 127. The van der Waals surface area contributed by atoms with Crippen LogP contribution in [-0.4, -0.2) is 40.7 Å². The lowest BCUT2D eigenvalue weighted by Crippen LogP contribution is -2.55. The molecule has 1 N–H and O–H groups in total. The van der Waals surface area contributed by atoms with Gasteiger partial charge in [0, 0.05) is 10.0 Å². The summed E-state index contributed by atoms with van der Waals surface area (Å²) in [7, 11) is 0. The predicted octanol–water partition coefficient (Wildman–Crippen LogP) is 4.76. The maximum atomic E-state index is 13.7. The zero-order valence-electron chi connectivity index (χ0n) is 17.3. The fraction of sp³-hybridized carbons (Fsp3) is 0.381. The minimum atomic E-state index is -5.32. The molecule has 2 heterocycles. The van der Waals surface area contributed by atoms with Crippen molar-refractivity contribution in [2.75, 3.05) is 9.91 Å². The van der Waals surface area contributed by atoms with Gasteiger partial charge in [-0.25, -0.2) is 9.91 Å². The number of amides is 2. The summed E-state index contributed by atoms with van der Waals surface area (Å²) in [4.78, 5) is 26.8. The molecule has 34 heavy (non-hydrogen) atoms. The summed E-state index contributed by atoms with van der Waals surface area (Å²) in [6.07, 6.45) is -8.25. The molecule has 0 aromatic heterocycles. The van der Waals surface area contributed by atoms with Gasteiger partial charge < -0.3 is 5.11 Å². The number of allylic oxidation sites excluding steroid dienone is 2. The molecule has 1 aromatic rings. The van der Waals surface area contributed by atoms with Crippen LogP contribution in [0.5, 0.6) is 0 Å². The fourth-order valence-corrected chi connectivity index (χ4v) is 5.11. The summed E-state index contributed by atoms with van der Waals surface area (Å²) in [5.41, 5.74) is -4.58. The van der Waals surface area contributed by atoms with Crippen LogP contribution < -0.4 is 9.91 Å². The van der Waals surface area contributed by atoms with Crippen LogP contribution in [0, 0.1) is 18.8 Å². The minimum absolute atomic E-state index is 0.104. The number of carbonyl (C=O) groups excluding carboxylic acids is 2. The van der Waals surface area contributed by atoms with E-state index in [9.17, 15) is 41.0 Å². The summed E-state index contributed by atoms with van der Waals surface area (Å²) in [5.74, 6) is -2.38. The molecule has 182 valence electrons. The maximum Gasteiger partial charge on any atom is 0.438 e. The van der Waals surface area contributed by atoms with Gasteiger partial charge >= 0.3 is 12.4 Å².